The lowest BCUT2D eigenvalue weighted by Crippen LogP contribution is -2.46. The van der Waals surface area contributed by atoms with Gasteiger partial charge in [-0.3, -0.25) is 19.5 Å². The number of rotatable bonds is 6. The molecule has 1 aromatic heterocycles. The second-order valence-electron chi connectivity index (χ2n) is 6.75. The van der Waals surface area contributed by atoms with Crippen molar-refractivity contribution in [3.63, 3.8) is 0 Å². The van der Waals surface area contributed by atoms with Crippen molar-refractivity contribution in [2.45, 2.75) is 25.8 Å². The third-order valence-corrected chi connectivity index (χ3v) is 4.65. The Balaban J connectivity index is 0.00000300. The molecule has 156 valence electrons. The van der Waals surface area contributed by atoms with Crippen molar-refractivity contribution in [2.75, 3.05) is 27.2 Å². The lowest BCUT2D eigenvalue weighted by atomic mass is 10.1. The molecule has 9 heteroatoms. The molecule has 1 aliphatic rings. The van der Waals surface area contributed by atoms with E-state index in [0.29, 0.717) is 44.9 Å². The number of para-hydroxylation sites is 1. The van der Waals surface area contributed by atoms with E-state index in [9.17, 15) is 9.59 Å². The summed E-state index contributed by atoms with van der Waals surface area (Å²) in [6.45, 7) is 1.46. The Hall–Kier alpha value is -2.43. The number of nitrogens with zero attached hydrogens (tertiary/aromatic N) is 5. The zero-order valence-corrected chi connectivity index (χ0v) is 19.1. The van der Waals surface area contributed by atoms with Crippen LogP contribution in [0.2, 0.25) is 0 Å². The Morgan fingerprint density at radius 3 is 2.55 bits per heavy atom. The molecule has 0 aliphatic carbocycles. The van der Waals surface area contributed by atoms with Gasteiger partial charge in [-0.1, -0.05) is 18.2 Å². The summed E-state index contributed by atoms with van der Waals surface area (Å²) in [5.74, 6) is 0.522. The fraction of sp³-hybridized carbons (Fsp3) is 0.400. The highest BCUT2D eigenvalue weighted by Gasteiger charge is 2.25. The molecule has 8 nitrogen and oxygen atoms in total. The summed E-state index contributed by atoms with van der Waals surface area (Å²) >= 11 is 0. The van der Waals surface area contributed by atoms with Crippen molar-refractivity contribution < 1.29 is 9.59 Å². The zero-order valence-electron chi connectivity index (χ0n) is 16.7. The fourth-order valence-electron chi connectivity index (χ4n) is 3.23. The summed E-state index contributed by atoms with van der Waals surface area (Å²) in [4.78, 5) is 31.3. The standard InChI is InChI=1S/C20H26N6O2.HI/c1-21-20(22-11-12-25-18(27)9-6-10-19(25)28)24(2)14-16-13-23-26(15-16)17-7-4-3-5-8-17;/h3-5,7-8,13,15H,6,9-12,14H2,1-2H3,(H,21,22);1H. The Labute approximate surface area is 188 Å². The van der Waals surface area contributed by atoms with Gasteiger partial charge in [-0.2, -0.15) is 5.10 Å². The Kier molecular flexibility index (Phi) is 8.62. The molecule has 0 bridgehead atoms. The number of hydrogen-bond acceptors (Lipinski definition) is 4. The molecule has 1 saturated heterocycles. The highest BCUT2D eigenvalue weighted by Crippen LogP contribution is 2.11. The number of aromatic nitrogens is 2. The summed E-state index contributed by atoms with van der Waals surface area (Å²) < 4.78 is 1.84. The number of benzene rings is 1. The van der Waals surface area contributed by atoms with Gasteiger partial charge < -0.3 is 10.2 Å². The van der Waals surface area contributed by atoms with Crippen LogP contribution in [0.3, 0.4) is 0 Å². The lowest BCUT2D eigenvalue weighted by molar-refractivity contribution is -0.147. The highest BCUT2D eigenvalue weighted by molar-refractivity contribution is 14.0. The zero-order chi connectivity index (χ0) is 19.9. The maximum absolute atomic E-state index is 11.9. The van der Waals surface area contributed by atoms with E-state index in [-0.39, 0.29) is 35.8 Å². The third-order valence-electron chi connectivity index (χ3n) is 4.65. The second-order valence-corrected chi connectivity index (χ2v) is 6.75. The normalized spacial score (nSPS) is 14.6. The Morgan fingerprint density at radius 1 is 1.21 bits per heavy atom. The number of carbonyl (C=O) groups is 2. The number of piperidine rings is 1. The number of carbonyl (C=O) groups excluding carboxylic acids is 2. The van der Waals surface area contributed by atoms with Gasteiger partial charge in [0.1, 0.15) is 0 Å². The second kappa shape index (κ2) is 10.9. The van der Waals surface area contributed by atoms with Crippen LogP contribution in [0.25, 0.3) is 5.69 Å². The maximum Gasteiger partial charge on any atom is 0.229 e. The SMILES string of the molecule is CN=C(NCCN1C(=O)CCCC1=O)N(C)Cc1cnn(-c2ccccc2)c1.I. The van der Waals surface area contributed by atoms with Crippen LogP contribution in [-0.4, -0.2) is 64.5 Å². The van der Waals surface area contributed by atoms with Gasteiger partial charge in [-0.25, -0.2) is 4.68 Å². The van der Waals surface area contributed by atoms with Crippen molar-refractivity contribution in [2.24, 2.45) is 4.99 Å². The Bertz CT molecular complexity index is 836. The lowest BCUT2D eigenvalue weighted by Gasteiger charge is -2.26. The van der Waals surface area contributed by atoms with Crippen LogP contribution in [0.1, 0.15) is 24.8 Å². The van der Waals surface area contributed by atoms with Crippen LogP contribution in [0.15, 0.2) is 47.7 Å². The van der Waals surface area contributed by atoms with Crippen LogP contribution in [0.5, 0.6) is 0 Å². The minimum Gasteiger partial charge on any atom is -0.354 e. The number of nitrogens with one attached hydrogen (secondary N) is 1. The number of aliphatic imine (C=N–C) groups is 1. The van der Waals surface area contributed by atoms with Crippen molar-refractivity contribution in [1.29, 1.82) is 0 Å². The Morgan fingerprint density at radius 2 is 1.90 bits per heavy atom. The minimum atomic E-state index is -0.0882. The summed E-state index contributed by atoms with van der Waals surface area (Å²) in [6.07, 6.45) is 5.38. The first kappa shape index (κ1) is 22.9. The van der Waals surface area contributed by atoms with E-state index in [1.165, 1.54) is 4.90 Å². The van der Waals surface area contributed by atoms with Crippen molar-refractivity contribution >= 4 is 41.8 Å². The summed E-state index contributed by atoms with van der Waals surface area (Å²) in [5, 5.41) is 7.63. The average molecular weight is 510 g/mol. The van der Waals surface area contributed by atoms with Crippen LogP contribution in [0.4, 0.5) is 0 Å². The van der Waals surface area contributed by atoms with E-state index in [1.54, 1.807) is 7.05 Å². The summed E-state index contributed by atoms with van der Waals surface area (Å²) in [7, 11) is 3.65. The first-order valence-electron chi connectivity index (χ1n) is 9.42. The van der Waals surface area contributed by atoms with Gasteiger partial charge in [0.2, 0.25) is 11.8 Å². The van der Waals surface area contributed by atoms with Gasteiger partial charge in [-0.05, 0) is 18.6 Å². The van der Waals surface area contributed by atoms with Gasteiger partial charge in [-0.15, -0.1) is 24.0 Å². The van der Waals surface area contributed by atoms with Crippen molar-refractivity contribution in [3.05, 3.63) is 48.3 Å². The molecule has 1 aromatic carbocycles. The van der Waals surface area contributed by atoms with E-state index in [0.717, 1.165) is 11.3 Å². The van der Waals surface area contributed by atoms with Gasteiger partial charge in [0.05, 0.1) is 11.9 Å². The van der Waals surface area contributed by atoms with Gasteiger partial charge in [0.15, 0.2) is 5.96 Å². The minimum absolute atomic E-state index is 0. The molecule has 0 radical (unpaired) electrons. The molecule has 0 spiro atoms. The quantitative estimate of drug-likeness (QED) is 0.279. The predicted molar refractivity (Wildman–Crippen MR) is 122 cm³/mol. The smallest absolute Gasteiger partial charge is 0.229 e. The predicted octanol–water partition coefficient (Wildman–Crippen LogP) is 2.04. The molecule has 1 fully saturated rings. The number of imide groups is 1. The fourth-order valence-corrected chi connectivity index (χ4v) is 3.23. The number of guanidine groups is 1. The van der Waals surface area contributed by atoms with Crippen molar-refractivity contribution in [3.8, 4) is 5.69 Å². The van der Waals surface area contributed by atoms with E-state index >= 15 is 0 Å². The monoisotopic (exact) mass is 510 g/mol. The van der Waals surface area contributed by atoms with E-state index in [1.807, 2.05) is 59.4 Å². The highest BCUT2D eigenvalue weighted by atomic mass is 127. The van der Waals surface area contributed by atoms with Crippen LogP contribution in [-0.2, 0) is 16.1 Å². The summed E-state index contributed by atoms with van der Waals surface area (Å²) in [5.41, 5.74) is 2.06. The molecule has 1 N–H and O–H groups in total. The summed E-state index contributed by atoms with van der Waals surface area (Å²) in [6, 6.07) is 9.94. The topological polar surface area (TPSA) is 82.8 Å². The first-order valence-corrected chi connectivity index (χ1v) is 9.42. The molecular weight excluding hydrogens is 483 g/mol. The van der Waals surface area contributed by atoms with Gasteiger partial charge in [0, 0.05) is 58.3 Å². The molecule has 1 aliphatic heterocycles. The number of amides is 2. The molecule has 2 amide bonds. The van der Waals surface area contributed by atoms with E-state index < -0.39 is 0 Å². The van der Waals surface area contributed by atoms with E-state index in [2.05, 4.69) is 15.4 Å². The maximum atomic E-state index is 11.9. The number of likely N-dealkylation sites (tertiary alicyclic amines) is 1. The third kappa shape index (κ3) is 6.02. The number of hydrogen-bond donors (Lipinski definition) is 1. The molecule has 2 heterocycles. The van der Waals surface area contributed by atoms with Crippen LogP contribution in [0, 0.1) is 0 Å². The van der Waals surface area contributed by atoms with E-state index in [4.69, 9.17) is 0 Å². The molecule has 29 heavy (non-hydrogen) atoms. The molecule has 0 saturated carbocycles. The molecular formula is C20H27IN6O2. The van der Waals surface area contributed by atoms with Gasteiger partial charge in [0.25, 0.3) is 0 Å². The number of halogens is 1. The van der Waals surface area contributed by atoms with Gasteiger partial charge >= 0.3 is 0 Å². The molecule has 3 rings (SSSR count). The first-order chi connectivity index (χ1) is 13.6. The average Bonchev–Trinajstić information content (AvgIpc) is 3.16. The molecule has 2 aromatic rings. The molecule has 0 unspecified atom stereocenters. The van der Waals surface area contributed by atoms with Crippen molar-refractivity contribution in [1.82, 2.24) is 24.9 Å². The molecule has 0 atom stereocenters. The van der Waals surface area contributed by atoms with Crippen LogP contribution < -0.4 is 5.32 Å². The van der Waals surface area contributed by atoms with Crippen LogP contribution >= 0.6 is 24.0 Å². The largest absolute Gasteiger partial charge is 0.354 e.